The number of benzene rings is 1. The van der Waals surface area contributed by atoms with E-state index in [1.165, 1.54) is 77.2 Å². The maximum Gasteiger partial charge on any atom is 0.0121 e. The molecule has 0 aliphatic carbocycles. The Balaban J connectivity index is 1.37. The van der Waals surface area contributed by atoms with Crippen molar-refractivity contribution in [2.75, 3.05) is 52.4 Å². The molecule has 2 heterocycles. The van der Waals surface area contributed by atoms with Gasteiger partial charge in [0, 0.05) is 38.8 Å². The Morgan fingerprint density at radius 2 is 1.55 bits per heavy atom. The molecule has 0 unspecified atom stereocenters. The fourth-order valence-electron chi connectivity index (χ4n) is 3.88. The molecule has 0 bridgehead atoms. The van der Waals surface area contributed by atoms with Crippen LogP contribution in [-0.2, 0) is 6.42 Å². The minimum Gasteiger partial charge on any atom is -0.303 e. The van der Waals surface area contributed by atoms with Crippen LogP contribution < -0.4 is 0 Å². The van der Waals surface area contributed by atoms with Gasteiger partial charge in [-0.1, -0.05) is 37.3 Å². The second-order valence-electron chi connectivity index (χ2n) is 6.78. The predicted molar refractivity (Wildman–Crippen MR) is 93.3 cm³/mol. The highest BCUT2D eigenvalue weighted by molar-refractivity contribution is 5.14. The highest BCUT2D eigenvalue weighted by Gasteiger charge is 2.26. The van der Waals surface area contributed by atoms with Gasteiger partial charge in [0.25, 0.3) is 0 Å². The largest absolute Gasteiger partial charge is 0.303 e. The van der Waals surface area contributed by atoms with Crippen LogP contribution in [0.2, 0.25) is 0 Å². The topological polar surface area (TPSA) is 9.72 Å². The molecule has 3 heteroatoms. The zero-order chi connectivity index (χ0) is 15.2. The van der Waals surface area contributed by atoms with Crippen LogP contribution >= 0.6 is 0 Å². The van der Waals surface area contributed by atoms with Gasteiger partial charge in [0.2, 0.25) is 0 Å². The number of rotatable bonds is 5. The maximum atomic E-state index is 2.75. The number of hydrogen-bond acceptors (Lipinski definition) is 3. The summed E-state index contributed by atoms with van der Waals surface area (Å²) in [6.45, 7) is 12.4. The summed E-state index contributed by atoms with van der Waals surface area (Å²) in [5, 5.41) is 0. The fraction of sp³-hybridized carbons (Fsp3) is 0.684. The van der Waals surface area contributed by atoms with E-state index in [0.717, 1.165) is 6.04 Å². The van der Waals surface area contributed by atoms with Gasteiger partial charge >= 0.3 is 0 Å². The molecule has 22 heavy (non-hydrogen) atoms. The predicted octanol–water partition coefficient (Wildman–Crippen LogP) is 2.33. The Bertz CT molecular complexity index is 418. The summed E-state index contributed by atoms with van der Waals surface area (Å²) in [6.07, 6.45) is 3.92. The molecule has 1 aromatic carbocycles. The monoisotopic (exact) mass is 301 g/mol. The maximum absolute atomic E-state index is 2.75. The van der Waals surface area contributed by atoms with Crippen LogP contribution in [0.1, 0.15) is 25.3 Å². The summed E-state index contributed by atoms with van der Waals surface area (Å²) < 4.78 is 0. The standard InChI is InChI=1S/C19H31N3/c1-2-20-14-16-22(17-15-20)19-9-12-21(13-10-19)11-8-18-6-4-3-5-7-18/h3-7,19H,2,8-17H2,1H3. The molecular formula is C19H31N3. The Morgan fingerprint density at radius 3 is 2.18 bits per heavy atom. The van der Waals surface area contributed by atoms with E-state index in [9.17, 15) is 0 Å². The van der Waals surface area contributed by atoms with Crippen LogP contribution in [0, 0.1) is 0 Å². The third kappa shape index (κ3) is 4.31. The molecule has 0 spiro atoms. The molecule has 2 saturated heterocycles. The molecule has 1 aromatic rings. The van der Waals surface area contributed by atoms with Gasteiger partial charge in [-0.3, -0.25) is 4.90 Å². The van der Waals surface area contributed by atoms with E-state index in [1.54, 1.807) is 0 Å². The van der Waals surface area contributed by atoms with E-state index in [2.05, 4.69) is 52.0 Å². The highest BCUT2D eigenvalue weighted by Crippen LogP contribution is 2.18. The van der Waals surface area contributed by atoms with Gasteiger partial charge in [-0.05, 0) is 44.5 Å². The minimum absolute atomic E-state index is 0.840. The first-order chi connectivity index (χ1) is 10.8. The van der Waals surface area contributed by atoms with E-state index < -0.39 is 0 Å². The van der Waals surface area contributed by atoms with Crippen molar-refractivity contribution in [2.45, 2.75) is 32.2 Å². The van der Waals surface area contributed by atoms with E-state index in [0.29, 0.717) is 0 Å². The van der Waals surface area contributed by atoms with Gasteiger partial charge in [0.05, 0.1) is 0 Å². The van der Waals surface area contributed by atoms with Crippen molar-refractivity contribution in [3.63, 3.8) is 0 Å². The average molecular weight is 301 g/mol. The van der Waals surface area contributed by atoms with Gasteiger partial charge in [0.1, 0.15) is 0 Å². The number of hydrogen-bond donors (Lipinski definition) is 0. The molecule has 0 aromatic heterocycles. The van der Waals surface area contributed by atoms with Crippen molar-refractivity contribution in [2.24, 2.45) is 0 Å². The number of nitrogens with zero attached hydrogens (tertiary/aromatic N) is 3. The molecule has 2 fully saturated rings. The second-order valence-corrected chi connectivity index (χ2v) is 6.78. The van der Waals surface area contributed by atoms with Crippen LogP contribution in [0.15, 0.2) is 30.3 Å². The average Bonchev–Trinajstić information content (AvgIpc) is 2.61. The fourth-order valence-corrected chi connectivity index (χ4v) is 3.88. The van der Waals surface area contributed by atoms with Crippen molar-refractivity contribution in [1.29, 1.82) is 0 Å². The second kappa shape index (κ2) is 8.09. The summed E-state index contributed by atoms with van der Waals surface area (Å²) in [5.41, 5.74) is 1.47. The van der Waals surface area contributed by atoms with Crippen molar-refractivity contribution in [3.05, 3.63) is 35.9 Å². The quantitative estimate of drug-likeness (QED) is 0.826. The number of likely N-dealkylation sites (tertiary alicyclic amines) is 1. The third-order valence-electron chi connectivity index (χ3n) is 5.49. The summed E-state index contributed by atoms with van der Waals surface area (Å²) >= 11 is 0. The van der Waals surface area contributed by atoms with Gasteiger partial charge in [-0.25, -0.2) is 0 Å². The first kappa shape index (κ1) is 16.0. The van der Waals surface area contributed by atoms with Gasteiger partial charge in [-0.2, -0.15) is 0 Å². The number of piperazine rings is 1. The molecule has 2 aliphatic heterocycles. The first-order valence-electron chi connectivity index (χ1n) is 9.08. The molecule has 3 rings (SSSR count). The highest BCUT2D eigenvalue weighted by atomic mass is 15.3. The van der Waals surface area contributed by atoms with E-state index in [-0.39, 0.29) is 0 Å². The Labute approximate surface area is 135 Å². The zero-order valence-electron chi connectivity index (χ0n) is 14.1. The summed E-state index contributed by atoms with van der Waals surface area (Å²) in [6, 6.07) is 11.7. The van der Waals surface area contributed by atoms with Crippen LogP contribution in [0.4, 0.5) is 0 Å². The van der Waals surface area contributed by atoms with Crippen molar-refractivity contribution >= 4 is 0 Å². The van der Waals surface area contributed by atoms with Crippen LogP contribution in [0.5, 0.6) is 0 Å². The molecule has 3 nitrogen and oxygen atoms in total. The lowest BCUT2D eigenvalue weighted by atomic mass is 10.0. The van der Waals surface area contributed by atoms with Crippen molar-refractivity contribution < 1.29 is 0 Å². The molecular weight excluding hydrogens is 270 g/mol. The number of piperidine rings is 1. The Hall–Kier alpha value is -0.900. The molecule has 0 atom stereocenters. The molecule has 0 N–H and O–H groups in total. The van der Waals surface area contributed by atoms with Crippen molar-refractivity contribution in [3.8, 4) is 0 Å². The third-order valence-corrected chi connectivity index (χ3v) is 5.49. The van der Waals surface area contributed by atoms with Crippen LogP contribution in [0.25, 0.3) is 0 Å². The lowest BCUT2D eigenvalue weighted by Crippen LogP contribution is -2.53. The van der Waals surface area contributed by atoms with Gasteiger partial charge < -0.3 is 9.80 Å². The summed E-state index contributed by atoms with van der Waals surface area (Å²) in [4.78, 5) is 7.98. The Kier molecular flexibility index (Phi) is 5.88. The molecule has 2 aliphatic rings. The summed E-state index contributed by atoms with van der Waals surface area (Å²) in [5.74, 6) is 0. The Morgan fingerprint density at radius 1 is 0.864 bits per heavy atom. The van der Waals surface area contributed by atoms with Gasteiger partial charge in [-0.15, -0.1) is 0 Å². The van der Waals surface area contributed by atoms with Crippen LogP contribution in [0.3, 0.4) is 0 Å². The zero-order valence-corrected chi connectivity index (χ0v) is 14.1. The molecule has 0 radical (unpaired) electrons. The van der Waals surface area contributed by atoms with E-state index in [4.69, 9.17) is 0 Å². The van der Waals surface area contributed by atoms with Crippen LogP contribution in [-0.4, -0.2) is 73.1 Å². The first-order valence-corrected chi connectivity index (χ1v) is 9.08. The molecule has 0 saturated carbocycles. The molecule has 0 amide bonds. The lowest BCUT2D eigenvalue weighted by Gasteiger charge is -2.42. The SMILES string of the molecule is CCN1CCN(C2CCN(CCc3ccccc3)CC2)CC1. The normalized spacial score (nSPS) is 23.0. The minimum atomic E-state index is 0.840. The van der Waals surface area contributed by atoms with Gasteiger partial charge in [0.15, 0.2) is 0 Å². The van der Waals surface area contributed by atoms with E-state index >= 15 is 0 Å². The van der Waals surface area contributed by atoms with E-state index in [1.807, 2.05) is 0 Å². The summed E-state index contributed by atoms with van der Waals surface area (Å²) in [7, 11) is 0. The molecule has 122 valence electrons. The lowest BCUT2D eigenvalue weighted by molar-refractivity contribution is 0.0614. The smallest absolute Gasteiger partial charge is 0.0121 e. The van der Waals surface area contributed by atoms with Crippen molar-refractivity contribution in [1.82, 2.24) is 14.7 Å². The number of likely N-dealkylation sites (N-methyl/N-ethyl adjacent to an activating group) is 1.